The zero-order chi connectivity index (χ0) is 14.7. The zero-order valence-electron chi connectivity index (χ0n) is 13.8. The fourth-order valence-corrected chi connectivity index (χ4v) is 2.35. The lowest BCUT2D eigenvalue weighted by Crippen LogP contribution is -1.96. The molecule has 0 aromatic heterocycles. The van der Waals surface area contributed by atoms with Gasteiger partial charge in [0.1, 0.15) is 5.78 Å². The first-order valence-corrected chi connectivity index (χ1v) is 8.06. The van der Waals surface area contributed by atoms with Crippen LogP contribution in [0, 0.1) is 11.8 Å². The van der Waals surface area contributed by atoms with Crippen LogP contribution in [-0.2, 0) is 4.79 Å². The van der Waals surface area contributed by atoms with Gasteiger partial charge in [-0.15, -0.1) is 0 Å². The third kappa shape index (κ3) is 13.6. The number of ketones is 1. The summed E-state index contributed by atoms with van der Waals surface area (Å²) in [6.45, 7) is 10.9. The van der Waals surface area contributed by atoms with Gasteiger partial charge in [-0.25, -0.2) is 0 Å². The van der Waals surface area contributed by atoms with E-state index in [0.717, 1.165) is 31.1 Å². The van der Waals surface area contributed by atoms with Gasteiger partial charge in [-0.1, -0.05) is 51.7 Å². The number of hydrogen-bond acceptors (Lipinski definition) is 1. The van der Waals surface area contributed by atoms with Crippen molar-refractivity contribution in [2.75, 3.05) is 0 Å². The normalized spacial score (nSPS) is 13.9. The molecule has 0 N–H and O–H groups in total. The van der Waals surface area contributed by atoms with Crippen molar-refractivity contribution in [2.24, 2.45) is 11.8 Å². The van der Waals surface area contributed by atoms with E-state index in [1.165, 1.54) is 37.7 Å². The molecular formula is C18H34O. The van der Waals surface area contributed by atoms with Crippen LogP contribution < -0.4 is 0 Å². The number of Topliss-reactive ketones (excluding diaryl/α,β-unsaturated/α-hetero) is 1. The first kappa shape index (κ1) is 18.4. The summed E-state index contributed by atoms with van der Waals surface area (Å²) in [4.78, 5) is 10.9. The molecule has 0 aliphatic carbocycles. The molecule has 0 saturated heterocycles. The highest BCUT2D eigenvalue weighted by Crippen LogP contribution is 2.18. The molecule has 1 unspecified atom stereocenters. The smallest absolute Gasteiger partial charge is 0.129 e. The van der Waals surface area contributed by atoms with Crippen LogP contribution in [-0.4, -0.2) is 5.78 Å². The van der Waals surface area contributed by atoms with Crippen LogP contribution in [0.4, 0.5) is 0 Å². The van der Waals surface area contributed by atoms with Crippen LogP contribution >= 0.6 is 0 Å². The highest BCUT2D eigenvalue weighted by Gasteiger charge is 2.02. The minimum atomic E-state index is 0.312. The Balaban J connectivity index is 3.60. The Hall–Kier alpha value is -0.590. The molecule has 1 atom stereocenters. The fourth-order valence-electron chi connectivity index (χ4n) is 2.35. The molecular weight excluding hydrogens is 232 g/mol. The Morgan fingerprint density at radius 3 is 2.21 bits per heavy atom. The summed E-state index contributed by atoms with van der Waals surface area (Å²) in [5, 5.41) is 0. The predicted octanol–water partition coefficient (Wildman–Crippen LogP) is 5.93. The molecule has 0 aromatic rings. The summed E-state index contributed by atoms with van der Waals surface area (Å²) in [7, 11) is 0. The van der Waals surface area contributed by atoms with E-state index in [4.69, 9.17) is 0 Å². The predicted molar refractivity (Wildman–Crippen MR) is 85.4 cm³/mol. The van der Waals surface area contributed by atoms with E-state index in [0.29, 0.717) is 5.78 Å². The first-order valence-electron chi connectivity index (χ1n) is 8.06. The summed E-state index contributed by atoms with van der Waals surface area (Å²) in [6.07, 6.45) is 11.8. The average Bonchev–Trinajstić information content (AvgIpc) is 2.27. The van der Waals surface area contributed by atoms with Crippen LogP contribution in [0.25, 0.3) is 0 Å². The fraction of sp³-hybridized carbons (Fsp3) is 0.833. The van der Waals surface area contributed by atoms with Crippen molar-refractivity contribution in [3.8, 4) is 0 Å². The molecule has 0 heterocycles. The van der Waals surface area contributed by atoms with Crippen LogP contribution in [0.15, 0.2) is 11.6 Å². The Morgan fingerprint density at radius 2 is 1.63 bits per heavy atom. The van der Waals surface area contributed by atoms with Crippen molar-refractivity contribution in [1.29, 1.82) is 0 Å². The maximum absolute atomic E-state index is 10.9. The maximum atomic E-state index is 10.9. The monoisotopic (exact) mass is 266 g/mol. The van der Waals surface area contributed by atoms with E-state index < -0.39 is 0 Å². The van der Waals surface area contributed by atoms with Crippen LogP contribution in [0.3, 0.4) is 0 Å². The molecule has 19 heavy (non-hydrogen) atoms. The van der Waals surface area contributed by atoms with Crippen molar-refractivity contribution in [1.82, 2.24) is 0 Å². The molecule has 0 aromatic carbocycles. The molecule has 0 fully saturated rings. The van der Waals surface area contributed by atoms with Crippen molar-refractivity contribution in [3.05, 3.63) is 11.6 Å². The molecule has 0 aliphatic heterocycles. The van der Waals surface area contributed by atoms with E-state index in [9.17, 15) is 4.79 Å². The second-order valence-corrected chi connectivity index (χ2v) is 6.61. The second-order valence-electron chi connectivity index (χ2n) is 6.61. The Morgan fingerprint density at radius 1 is 0.947 bits per heavy atom. The lowest BCUT2D eigenvalue weighted by atomic mass is 9.95. The van der Waals surface area contributed by atoms with E-state index >= 15 is 0 Å². The Bertz CT molecular complexity index is 263. The Labute approximate surface area is 120 Å². The van der Waals surface area contributed by atoms with Gasteiger partial charge in [-0.3, -0.25) is 0 Å². The number of allylic oxidation sites excluding steroid dienone is 2. The standard InChI is InChI=1S/C18H34O/c1-15(2)9-6-10-16(3)11-7-12-17(4)13-8-14-18(5)19/h12,15-16H,6-11,13-14H2,1-5H3. The van der Waals surface area contributed by atoms with Gasteiger partial charge in [-0.2, -0.15) is 0 Å². The first-order chi connectivity index (χ1) is 8.91. The average molecular weight is 266 g/mol. The number of carbonyl (C=O) groups excluding carboxylic acids is 1. The third-order valence-corrected chi connectivity index (χ3v) is 3.73. The van der Waals surface area contributed by atoms with Gasteiger partial charge in [0.2, 0.25) is 0 Å². The summed E-state index contributed by atoms with van der Waals surface area (Å²) in [5.74, 6) is 2.00. The lowest BCUT2D eigenvalue weighted by Gasteiger charge is -2.11. The molecule has 1 nitrogen and oxygen atoms in total. The summed E-state index contributed by atoms with van der Waals surface area (Å²) < 4.78 is 0. The quantitative estimate of drug-likeness (QED) is 0.423. The maximum Gasteiger partial charge on any atom is 0.129 e. The zero-order valence-corrected chi connectivity index (χ0v) is 13.8. The van der Waals surface area contributed by atoms with Crippen molar-refractivity contribution >= 4 is 5.78 Å². The van der Waals surface area contributed by atoms with Gasteiger partial charge in [0.25, 0.3) is 0 Å². The number of carbonyl (C=O) groups is 1. The highest BCUT2D eigenvalue weighted by atomic mass is 16.1. The van der Waals surface area contributed by atoms with Crippen molar-refractivity contribution < 1.29 is 4.79 Å². The van der Waals surface area contributed by atoms with Gasteiger partial charge in [0.05, 0.1) is 0 Å². The van der Waals surface area contributed by atoms with Crippen molar-refractivity contribution in [2.45, 2.75) is 86.0 Å². The molecule has 0 amide bonds. The molecule has 1 heteroatoms. The molecule has 112 valence electrons. The molecule has 0 aliphatic rings. The molecule has 0 rings (SSSR count). The Kier molecular flexibility index (Phi) is 10.9. The lowest BCUT2D eigenvalue weighted by molar-refractivity contribution is -0.117. The van der Waals surface area contributed by atoms with E-state index in [-0.39, 0.29) is 0 Å². The molecule has 0 saturated carbocycles. The summed E-state index contributed by atoms with van der Waals surface area (Å²) in [5.41, 5.74) is 1.45. The second kappa shape index (κ2) is 11.3. The molecule has 0 spiro atoms. The highest BCUT2D eigenvalue weighted by molar-refractivity contribution is 5.75. The largest absolute Gasteiger partial charge is 0.300 e. The van der Waals surface area contributed by atoms with Gasteiger partial charge in [0.15, 0.2) is 0 Å². The van der Waals surface area contributed by atoms with Gasteiger partial charge in [0, 0.05) is 6.42 Å². The SMILES string of the molecule is CC(=O)CCCC(C)=CCCC(C)CCCC(C)C. The summed E-state index contributed by atoms with van der Waals surface area (Å²) >= 11 is 0. The van der Waals surface area contributed by atoms with E-state index in [1.54, 1.807) is 6.92 Å². The minimum Gasteiger partial charge on any atom is -0.300 e. The molecule has 0 bridgehead atoms. The topological polar surface area (TPSA) is 17.1 Å². The molecule has 0 radical (unpaired) electrons. The van der Waals surface area contributed by atoms with Crippen LogP contribution in [0.1, 0.15) is 86.0 Å². The third-order valence-electron chi connectivity index (χ3n) is 3.73. The van der Waals surface area contributed by atoms with E-state index in [1.807, 2.05) is 0 Å². The van der Waals surface area contributed by atoms with Crippen LogP contribution in [0.2, 0.25) is 0 Å². The number of rotatable bonds is 11. The number of hydrogen-bond donors (Lipinski definition) is 0. The van der Waals surface area contributed by atoms with Crippen molar-refractivity contribution in [3.63, 3.8) is 0 Å². The van der Waals surface area contributed by atoms with Gasteiger partial charge < -0.3 is 4.79 Å². The summed E-state index contributed by atoms with van der Waals surface area (Å²) in [6, 6.07) is 0. The van der Waals surface area contributed by atoms with E-state index in [2.05, 4.69) is 33.8 Å². The van der Waals surface area contributed by atoms with Gasteiger partial charge in [-0.05, 0) is 51.4 Å². The minimum absolute atomic E-state index is 0.312. The van der Waals surface area contributed by atoms with Crippen LogP contribution in [0.5, 0.6) is 0 Å². The van der Waals surface area contributed by atoms with Gasteiger partial charge >= 0.3 is 0 Å².